The molecule has 0 radical (unpaired) electrons. The summed E-state index contributed by atoms with van der Waals surface area (Å²) >= 11 is 2.09. The van der Waals surface area contributed by atoms with E-state index in [0.29, 0.717) is 0 Å². The fraction of sp³-hybridized carbons (Fsp3) is 1.00. The maximum atomic E-state index is 2.77. The molecule has 2 rings (SSSR count). The number of nitrogens with zero attached hydrogens (tertiary/aromatic N) is 1. The Morgan fingerprint density at radius 3 is 2.67 bits per heavy atom. The number of hydrogen-bond donors (Lipinski definition) is 0. The highest BCUT2D eigenvalue weighted by molar-refractivity contribution is 7.99. The molecule has 1 aliphatic heterocycles. The Labute approximate surface area is 99.0 Å². The van der Waals surface area contributed by atoms with Gasteiger partial charge in [0.15, 0.2) is 0 Å². The van der Waals surface area contributed by atoms with Gasteiger partial charge in [0.1, 0.15) is 0 Å². The lowest BCUT2D eigenvalue weighted by Gasteiger charge is -2.39. The first-order valence-electron chi connectivity index (χ1n) is 6.60. The van der Waals surface area contributed by atoms with Crippen molar-refractivity contribution in [1.29, 1.82) is 0 Å². The molecule has 0 aromatic carbocycles. The minimum Gasteiger partial charge on any atom is -0.300 e. The summed E-state index contributed by atoms with van der Waals surface area (Å²) in [7, 11) is 0. The van der Waals surface area contributed by atoms with Crippen molar-refractivity contribution in [3.8, 4) is 0 Å². The lowest BCUT2D eigenvalue weighted by atomic mass is 9.96. The minimum absolute atomic E-state index is 0.920. The van der Waals surface area contributed by atoms with Crippen molar-refractivity contribution in [1.82, 2.24) is 4.90 Å². The van der Waals surface area contributed by atoms with Gasteiger partial charge in [-0.25, -0.2) is 0 Å². The summed E-state index contributed by atoms with van der Waals surface area (Å²) in [5.74, 6) is 1.09. The van der Waals surface area contributed by atoms with Crippen LogP contribution in [0.4, 0.5) is 0 Å². The number of likely N-dealkylation sites (tertiary alicyclic amines) is 1. The zero-order valence-electron chi connectivity index (χ0n) is 10.2. The van der Waals surface area contributed by atoms with Crippen LogP contribution in [0.15, 0.2) is 0 Å². The molecule has 1 unspecified atom stereocenters. The van der Waals surface area contributed by atoms with Crippen LogP contribution in [0.5, 0.6) is 0 Å². The van der Waals surface area contributed by atoms with Gasteiger partial charge < -0.3 is 4.90 Å². The SMILES string of the molecule is CCCN1CCC(SC)C[C@H]1CC1CC1. The summed E-state index contributed by atoms with van der Waals surface area (Å²) in [6.07, 6.45) is 11.0. The van der Waals surface area contributed by atoms with E-state index in [2.05, 4.69) is 29.8 Å². The topological polar surface area (TPSA) is 3.24 Å². The Morgan fingerprint density at radius 1 is 1.27 bits per heavy atom. The van der Waals surface area contributed by atoms with Crippen LogP contribution in [-0.4, -0.2) is 35.5 Å². The van der Waals surface area contributed by atoms with Crippen LogP contribution in [0.1, 0.15) is 45.4 Å². The predicted molar refractivity (Wildman–Crippen MR) is 69.5 cm³/mol. The van der Waals surface area contributed by atoms with Gasteiger partial charge >= 0.3 is 0 Å². The molecule has 0 aromatic rings. The third-order valence-corrected chi connectivity index (χ3v) is 5.03. The molecule has 1 nitrogen and oxygen atoms in total. The van der Waals surface area contributed by atoms with E-state index in [1.165, 1.54) is 51.6 Å². The van der Waals surface area contributed by atoms with E-state index in [9.17, 15) is 0 Å². The standard InChI is InChI=1S/C13H25NS/c1-3-7-14-8-6-13(15-2)10-12(14)9-11-4-5-11/h11-13H,3-10H2,1-2H3/t12-,13?/m1/s1. The molecule has 0 bridgehead atoms. The molecule has 2 fully saturated rings. The second kappa shape index (κ2) is 5.58. The molecule has 1 heterocycles. The lowest BCUT2D eigenvalue weighted by Crippen LogP contribution is -2.44. The van der Waals surface area contributed by atoms with Crippen LogP contribution in [0.2, 0.25) is 0 Å². The molecule has 0 spiro atoms. The Bertz CT molecular complexity index is 191. The number of rotatable bonds is 5. The summed E-state index contributed by atoms with van der Waals surface area (Å²) in [5.41, 5.74) is 0. The van der Waals surface area contributed by atoms with Gasteiger partial charge in [-0.3, -0.25) is 0 Å². The fourth-order valence-electron chi connectivity index (χ4n) is 2.84. The second-order valence-electron chi connectivity index (χ2n) is 5.25. The monoisotopic (exact) mass is 227 g/mol. The van der Waals surface area contributed by atoms with E-state index >= 15 is 0 Å². The quantitative estimate of drug-likeness (QED) is 0.708. The van der Waals surface area contributed by atoms with Crippen LogP contribution in [-0.2, 0) is 0 Å². The second-order valence-corrected chi connectivity index (χ2v) is 6.39. The normalized spacial score (nSPS) is 33.2. The Kier molecular flexibility index (Phi) is 4.39. The highest BCUT2D eigenvalue weighted by Gasteiger charge is 2.32. The van der Waals surface area contributed by atoms with Crippen molar-refractivity contribution in [2.24, 2.45) is 5.92 Å². The van der Waals surface area contributed by atoms with Crippen molar-refractivity contribution >= 4 is 11.8 Å². The van der Waals surface area contributed by atoms with Gasteiger partial charge in [-0.15, -0.1) is 0 Å². The summed E-state index contributed by atoms with van der Waals surface area (Å²) in [5, 5.41) is 0.946. The summed E-state index contributed by atoms with van der Waals surface area (Å²) in [6.45, 7) is 5.00. The molecule has 0 amide bonds. The first-order chi connectivity index (χ1) is 7.33. The third-order valence-electron chi connectivity index (χ3n) is 3.94. The average Bonchev–Trinajstić information content (AvgIpc) is 3.05. The molecule has 1 aliphatic carbocycles. The van der Waals surface area contributed by atoms with Crippen molar-refractivity contribution < 1.29 is 0 Å². The number of hydrogen-bond acceptors (Lipinski definition) is 2. The Balaban J connectivity index is 1.85. The van der Waals surface area contributed by atoms with Crippen LogP contribution < -0.4 is 0 Å². The largest absolute Gasteiger partial charge is 0.300 e. The molecule has 2 heteroatoms. The summed E-state index contributed by atoms with van der Waals surface area (Å²) in [6, 6.07) is 0.920. The molecule has 88 valence electrons. The summed E-state index contributed by atoms with van der Waals surface area (Å²) < 4.78 is 0. The van der Waals surface area contributed by atoms with Gasteiger partial charge in [0, 0.05) is 11.3 Å². The van der Waals surface area contributed by atoms with Crippen LogP contribution >= 0.6 is 11.8 Å². The number of thioether (sulfide) groups is 1. The Hall–Kier alpha value is 0.310. The summed E-state index contributed by atoms with van der Waals surface area (Å²) in [4.78, 5) is 2.77. The van der Waals surface area contributed by atoms with E-state index in [4.69, 9.17) is 0 Å². The molecule has 0 aromatic heterocycles. The smallest absolute Gasteiger partial charge is 0.0108 e. The highest BCUT2D eigenvalue weighted by Crippen LogP contribution is 2.38. The zero-order chi connectivity index (χ0) is 10.7. The molecule has 0 N–H and O–H groups in total. The molecule has 2 aliphatic rings. The molecule has 15 heavy (non-hydrogen) atoms. The Morgan fingerprint density at radius 2 is 2.07 bits per heavy atom. The third kappa shape index (κ3) is 3.39. The van der Waals surface area contributed by atoms with Crippen LogP contribution in [0.25, 0.3) is 0 Å². The first kappa shape index (κ1) is 11.8. The zero-order valence-corrected chi connectivity index (χ0v) is 11.1. The van der Waals surface area contributed by atoms with E-state index < -0.39 is 0 Å². The van der Waals surface area contributed by atoms with E-state index in [1.54, 1.807) is 0 Å². The van der Waals surface area contributed by atoms with Gasteiger partial charge in [-0.2, -0.15) is 11.8 Å². The first-order valence-corrected chi connectivity index (χ1v) is 7.89. The van der Waals surface area contributed by atoms with Gasteiger partial charge in [-0.05, 0) is 50.9 Å². The van der Waals surface area contributed by atoms with E-state index in [1.807, 2.05) is 0 Å². The minimum atomic E-state index is 0.920. The van der Waals surface area contributed by atoms with E-state index in [-0.39, 0.29) is 0 Å². The van der Waals surface area contributed by atoms with E-state index in [0.717, 1.165) is 17.2 Å². The van der Waals surface area contributed by atoms with Crippen molar-refractivity contribution in [3.05, 3.63) is 0 Å². The highest BCUT2D eigenvalue weighted by atomic mass is 32.2. The van der Waals surface area contributed by atoms with Gasteiger partial charge in [0.05, 0.1) is 0 Å². The van der Waals surface area contributed by atoms with Crippen LogP contribution in [0.3, 0.4) is 0 Å². The molecule has 1 saturated carbocycles. The molecule has 1 saturated heterocycles. The fourth-order valence-corrected chi connectivity index (χ4v) is 3.60. The molecular formula is C13H25NS. The lowest BCUT2D eigenvalue weighted by molar-refractivity contribution is 0.139. The van der Waals surface area contributed by atoms with Gasteiger partial charge in [0.25, 0.3) is 0 Å². The van der Waals surface area contributed by atoms with Crippen molar-refractivity contribution in [2.75, 3.05) is 19.3 Å². The molecular weight excluding hydrogens is 202 g/mol. The van der Waals surface area contributed by atoms with Gasteiger partial charge in [0.2, 0.25) is 0 Å². The van der Waals surface area contributed by atoms with Crippen molar-refractivity contribution in [3.63, 3.8) is 0 Å². The average molecular weight is 227 g/mol. The van der Waals surface area contributed by atoms with Gasteiger partial charge in [-0.1, -0.05) is 19.8 Å². The predicted octanol–water partition coefficient (Wildman–Crippen LogP) is 3.39. The van der Waals surface area contributed by atoms with Crippen molar-refractivity contribution in [2.45, 2.75) is 56.7 Å². The maximum Gasteiger partial charge on any atom is 0.0108 e. The van der Waals surface area contributed by atoms with Crippen LogP contribution in [0, 0.1) is 5.92 Å². The maximum absolute atomic E-state index is 2.77. The molecule has 2 atom stereocenters. The number of piperidine rings is 1.